The second kappa shape index (κ2) is 28.4. The maximum Gasteiger partial charge on any atom is 2.00 e. The van der Waals surface area contributed by atoms with Crippen LogP contribution >= 0.6 is 0 Å². The Hall–Kier alpha value is -8.81. The largest absolute Gasteiger partial charge is 2.00 e. The summed E-state index contributed by atoms with van der Waals surface area (Å²) < 4.78 is 5.12. The van der Waals surface area contributed by atoms with Crippen molar-refractivity contribution in [2.45, 2.75) is 153 Å². The minimum atomic E-state index is -2.87. The number of nitrogens with two attached hydrogens (primary N) is 2. The zero-order valence-electron chi connectivity index (χ0n) is 50.0. The number of unbranched alkanes of at least 4 members (excludes halogenated alkanes) is 1. The molecule has 8 bridgehead atoms. The van der Waals surface area contributed by atoms with Gasteiger partial charge in [-0.05, 0) is 94.2 Å². The zero-order valence-corrected chi connectivity index (χ0v) is 51.2. The van der Waals surface area contributed by atoms with Crippen LogP contribution in [0.1, 0.15) is 168 Å². The van der Waals surface area contributed by atoms with Gasteiger partial charge < -0.3 is 68.3 Å². The van der Waals surface area contributed by atoms with Crippen LogP contribution in [0.25, 0.3) is 22.1 Å². The number of aromatic nitrogens is 4. The number of carboxylic acid groups (broad SMARTS) is 1. The van der Waals surface area contributed by atoms with Crippen molar-refractivity contribution in [2.24, 2.45) is 16.5 Å². The van der Waals surface area contributed by atoms with E-state index in [4.69, 9.17) is 26.2 Å². The van der Waals surface area contributed by atoms with Crippen LogP contribution in [-0.4, -0.2) is 146 Å². The molecule has 6 heterocycles. The Bertz CT molecular complexity index is 3640. The van der Waals surface area contributed by atoms with E-state index in [1.165, 1.54) is 6.92 Å². The van der Waals surface area contributed by atoms with Gasteiger partial charge >= 0.3 is 29.0 Å². The van der Waals surface area contributed by atoms with Gasteiger partial charge in [0.15, 0.2) is 11.7 Å². The number of benzene rings is 1. The molecule has 467 valence electrons. The maximum absolute atomic E-state index is 14.7. The first-order valence-corrected chi connectivity index (χ1v) is 29.1. The van der Waals surface area contributed by atoms with Crippen LogP contribution in [-0.2, 0) is 72.2 Å². The number of nitrogens with zero attached hydrogens (tertiary/aromatic N) is 3. The number of amides is 6. The van der Waals surface area contributed by atoms with Crippen LogP contribution in [0.15, 0.2) is 53.5 Å². The molecule has 88 heavy (non-hydrogen) atoms. The second-order valence-electron chi connectivity index (χ2n) is 22.7. The van der Waals surface area contributed by atoms with Crippen molar-refractivity contribution in [3.05, 3.63) is 105 Å². The Morgan fingerprint density at radius 1 is 0.750 bits per heavy atom. The minimum absolute atomic E-state index is 0. The van der Waals surface area contributed by atoms with Gasteiger partial charge in [-0.2, -0.15) is 0 Å². The van der Waals surface area contributed by atoms with Crippen molar-refractivity contribution in [2.75, 3.05) is 26.7 Å². The van der Waals surface area contributed by atoms with Crippen molar-refractivity contribution in [3.63, 3.8) is 0 Å². The van der Waals surface area contributed by atoms with Crippen molar-refractivity contribution in [1.82, 2.24) is 51.8 Å². The smallest absolute Gasteiger partial charge is 0.481 e. The number of aryl methyl sites for hydroxylation is 2. The van der Waals surface area contributed by atoms with Gasteiger partial charge in [0.05, 0.1) is 42.4 Å². The van der Waals surface area contributed by atoms with Gasteiger partial charge in [0, 0.05) is 88.8 Å². The number of carboxylic acids is 1. The molecule has 3 aliphatic heterocycles. The fourth-order valence-electron chi connectivity index (χ4n) is 12.1. The molecule has 8 rings (SSSR count). The average molecular weight is 1250 g/mol. The van der Waals surface area contributed by atoms with Gasteiger partial charge in [0.2, 0.25) is 41.2 Å². The molecular weight excluding hydrogens is 1180 g/mol. The number of fused-ring (bicyclic) bond motifs is 8. The molecule has 1 saturated heterocycles. The standard InChI is InChI=1S/C61H75N13O13.Mn/c1-8-34-28(2)38-25-43-49(32(6)75)30(4)40(68-43)23-39-29(3)35(52(70-39)51-53-50(54(80)61(51,86)59(85)87-7)31(5)41(71-53)24-42(34)67-38)22-46(76)64-19-13-12-17-37-56(82)72-36(18-14-20-65-60(62)63)55(81)66-27-47(77)69-45(26-48(78)79)58(84)74-44(57(83)73-37)21-33-15-10-9-11-16-33;/h9-11,15-16,23-25,28-29,34-37,44-45,68,71,86H,8,12-14,17-22,26-27H2,1-7H3,(H,64,76)(H,66,81)(H,69,77)(H,72,82)(H,73,83)(H,74,84)(H,78,79)(H4,62,63,65);/q;+2/t28-,29+,34-,35+,36+,37+,44-,45+,61?;/m1./s1. The van der Waals surface area contributed by atoms with Crippen LogP contribution < -0.4 is 43.4 Å². The van der Waals surface area contributed by atoms with Crippen molar-refractivity contribution < 1.29 is 80.0 Å². The van der Waals surface area contributed by atoms with Crippen molar-refractivity contribution in [3.8, 4) is 0 Å². The van der Waals surface area contributed by atoms with Gasteiger partial charge in [0.25, 0.3) is 5.60 Å². The van der Waals surface area contributed by atoms with Gasteiger partial charge in [-0.15, -0.1) is 0 Å². The van der Waals surface area contributed by atoms with E-state index < -0.39 is 108 Å². The zero-order chi connectivity index (χ0) is 63.2. The Morgan fingerprint density at radius 3 is 2.01 bits per heavy atom. The molecule has 27 heteroatoms. The van der Waals surface area contributed by atoms with Crippen molar-refractivity contribution in [1.29, 1.82) is 0 Å². The van der Waals surface area contributed by atoms with E-state index in [0.717, 1.165) is 24.9 Å². The number of esters is 1. The Kier molecular flexibility index (Phi) is 21.5. The first kappa shape index (κ1) is 66.7. The number of carbonyl (C=O) groups is 10. The number of aromatic amines is 2. The molecule has 1 fully saturated rings. The number of aliphatic hydroxyl groups is 1. The topological polar surface area (TPSA) is 414 Å². The third kappa shape index (κ3) is 14.3. The number of ketones is 2. The quantitative estimate of drug-likeness (QED) is 0.0129. The third-order valence-electron chi connectivity index (χ3n) is 16.8. The summed E-state index contributed by atoms with van der Waals surface area (Å²) in [4.78, 5) is 158. The number of nitrogens with one attached hydrogen (secondary N) is 8. The maximum atomic E-state index is 14.7. The SMILES string of the molecule is CC[C@H]1c2cc3[nH]c4c(c3C)C(=O)C(O)(C(=O)OC)c4c3nc(cc4[nH]c(cc(n2)[C@@H]1C)c(C(C)=O)c4C)[C@@H](C)[C@@H]3CC(=O)NCCCC[C@@H]1NC(=O)[C@@H](Cc2ccccc2)NC(=O)[C@H](CC(=O)O)NC(=O)CNC(=O)[C@H](CCCN=C(N)N)NC1=O.[Mn+2]. The molecule has 4 aliphatic rings. The molecule has 0 saturated carbocycles. The first-order chi connectivity index (χ1) is 41.4. The number of aliphatic imine (C=N–C) groups is 1. The number of methoxy groups -OCH3 is 1. The van der Waals surface area contributed by atoms with E-state index >= 15 is 0 Å². The molecule has 1 unspecified atom stereocenters. The monoisotopic (exact) mass is 1250 g/mol. The van der Waals surface area contributed by atoms with Gasteiger partial charge in [-0.1, -0.05) is 51.1 Å². The van der Waals surface area contributed by atoms with Crippen molar-refractivity contribution >= 4 is 87.0 Å². The summed E-state index contributed by atoms with van der Waals surface area (Å²) >= 11 is 0. The van der Waals surface area contributed by atoms with E-state index in [0.29, 0.717) is 44.5 Å². The summed E-state index contributed by atoms with van der Waals surface area (Å²) in [6.07, 6.45) is -0.0719. The molecule has 3 aromatic heterocycles. The molecule has 26 nitrogen and oxygen atoms in total. The summed E-state index contributed by atoms with van der Waals surface area (Å²) in [6.45, 7) is 10.3. The van der Waals surface area contributed by atoms with E-state index in [9.17, 15) is 58.2 Å². The van der Waals surface area contributed by atoms with Crippen LogP contribution in [0.2, 0.25) is 0 Å². The minimum Gasteiger partial charge on any atom is -0.481 e. The van der Waals surface area contributed by atoms with E-state index in [1.54, 1.807) is 50.2 Å². The normalized spacial score (nSPS) is 23.0. The van der Waals surface area contributed by atoms with Crippen LogP contribution in [0.4, 0.5) is 0 Å². The van der Waals surface area contributed by atoms with Crippen LogP contribution in [0.3, 0.4) is 0 Å². The predicted molar refractivity (Wildman–Crippen MR) is 318 cm³/mol. The molecule has 9 atom stereocenters. The Balaban J connectivity index is 0.0000110. The number of aliphatic carboxylic acids is 1. The fourth-order valence-corrected chi connectivity index (χ4v) is 12.1. The van der Waals surface area contributed by atoms with E-state index in [1.807, 2.05) is 26.0 Å². The fraction of sp³-hybridized carbons (Fsp3) is 0.459. The van der Waals surface area contributed by atoms with Gasteiger partial charge in [-0.3, -0.25) is 58.1 Å². The summed E-state index contributed by atoms with van der Waals surface area (Å²) in [7, 11) is 1.05. The predicted octanol–water partition coefficient (Wildman–Crippen LogP) is 2.39. The summed E-state index contributed by atoms with van der Waals surface area (Å²) in [6, 6.07) is 8.31. The van der Waals surface area contributed by atoms with Crippen LogP contribution in [0.5, 0.6) is 0 Å². The molecule has 0 spiro atoms. The average Bonchev–Trinajstić information content (AvgIpc) is 1.55. The van der Waals surface area contributed by atoms with Gasteiger partial charge in [0.1, 0.15) is 24.2 Å². The van der Waals surface area contributed by atoms with Crippen LogP contribution in [0, 0.1) is 13.8 Å². The van der Waals surface area contributed by atoms with Gasteiger partial charge in [-0.25, -0.2) is 4.79 Å². The number of carbonyl (C=O) groups excluding carboxylic acids is 9. The number of Topliss-reactive ketones (excluding diaryl/α,β-unsaturated/α-hetero) is 2. The molecule has 1 aromatic carbocycles. The first-order valence-electron chi connectivity index (χ1n) is 29.1. The molecular formula is C61H75MnN13O13+2. The van der Waals surface area contributed by atoms with E-state index in [2.05, 4.69) is 53.8 Å². The number of ether oxygens (including phenoxy) is 1. The molecule has 14 N–H and O–H groups in total. The number of hydrogen-bond donors (Lipinski definition) is 12. The molecule has 1 aliphatic carbocycles. The number of hydrogen-bond acceptors (Lipinski definition) is 15. The summed E-state index contributed by atoms with van der Waals surface area (Å²) in [5.41, 5.74) is 13.8. The second-order valence-corrected chi connectivity index (χ2v) is 22.7. The Morgan fingerprint density at radius 2 is 1.35 bits per heavy atom. The number of rotatable bonds is 18. The Labute approximate surface area is 517 Å². The third-order valence-corrected chi connectivity index (χ3v) is 16.8. The van der Waals surface area contributed by atoms with E-state index in [-0.39, 0.29) is 121 Å². The summed E-state index contributed by atoms with van der Waals surface area (Å²) in [5, 5.41) is 37.8. The molecule has 4 aromatic rings. The summed E-state index contributed by atoms with van der Waals surface area (Å²) in [5.74, 6) is -10.5. The number of guanidine groups is 1. The number of H-pyrrole nitrogens is 2. The molecule has 1 radical (unpaired) electrons. The molecule has 6 amide bonds.